The summed E-state index contributed by atoms with van der Waals surface area (Å²) in [6.07, 6.45) is 4.33. The van der Waals surface area contributed by atoms with Gasteiger partial charge in [0, 0.05) is 17.5 Å². The van der Waals surface area contributed by atoms with Crippen molar-refractivity contribution in [3.8, 4) is 34.0 Å². The first kappa shape index (κ1) is 29.9. The lowest BCUT2D eigenvalue weighted by Gasteiger charge is -2.21. The van der Waals surface area contributed by atoms with E-state index in [1.807, 2.05) is 11.8 Å². The molecule has 3 heterocycles. The lowest BCUT2D eigenvalue weighted by atomic mass is 9.81. The van der Waals surface area contributed by atoms with Crippen LogP contribution in [-0.2, 0) is 6.54 Å². The zero-order valence-corrected chi connectivity index (χ0v) is 27.8. The van der Waals surface area contributed by atoms with E-state index in [-0.39, 0.29) is 0 Å². The van der Waals surface area contributed by atoms with Gasteiger partial charge in [-0.25, -0.2) is 4.57 Å². The molecule has 0 aromatic heterocycles. The van der Waals surface area contributed by atoms with Crippen LogP contribution in [0.15, 0.2) is 58.5 Å². The van der Waals surface area contributed by atoms with Crippen LogP contribution in [0.1, 0.15) is 66.1 Å². The van der Waals surface area contributed by atoms with Gasteiger partial charge < -0.3 is 4.90 Å². The van der Waals surface area contributed by atoms with E-state index in [9.17, 15) is 10.5 Å². The zero-order chi connectivity index (χ0) is 31.1. The number of fused-ring (bicyclic) bond motifs is 3. The van der Waals surface area contributed by atoms with Crippen molar-refractivity contribution in [3.05, 3.63) is 87.1 Å². The van der Waals surface area contributed by atoms with Crippen LogP contribution in [0, 0.1) is 50.4 Å². The molecule has 7 heteroatoms. The Morgan fingerprint density at radius 3 is 2.25 bits per heavy atom. The van der Waals surface area contributed by atoms with Crippen molar-refractivity contribution in [3.63, 3.8) is 0 Å². The van der Waals surface area contributed by atoms with Gasteiger partial charge in [0.1, 0.15) is 10.4 Å². The first-order valence-corrected chi connectivity index (χ1v) is 16.9. The van der Waals surface area contributed by atoms with Gasteiger partial charge in [-0.3, -0.25) is 0 Å². The Morgan fingerprint density at radius 2 is 1.57 bits per heavy atom. The van der Waals surface area contributed by atoms with Crippen LogP contribution in [0.5, 0.6) is 0 Å². The molecule has 6 rings (SSSR count). The highest BCUT2D eigenvalue weighted by Gasteiger charge is 2.36. The molecule has 220 valence electrons. The number of aromatic nitrogens is 2. The zero-order valence-electron chi connectivity index (χ0n) is 26.2. The SMILES string of the molecule is CCCN1/C(=C/c2nc3[n+](CCC)c4ccccc4sc-3c2-c2c(C)c(C)c(C(C#N)C#N)c(C)c2C)Sc2ccccc21. The van der Waals surface area contributed by atoms with E-state index in [4.69, 9.17) is 4.98 Å². The molecule has 3 aromatic carbocycles. The average Bonchev–Trinajstić information content (AvgIpc) is 3.56. The van der Waals surface area contributed by atoms with Crippen molar-refractivity contribution in [1.29, 1.82) is 10.5 Å². The highest BCUT2D eigenvalue weighted by molar-refractivity contribution is 8.03. The number of rotatable bonds is 7. The summed E-state index contributed by atoms with van der Waals surface area (Å²) in [4.78, 5) is 10.3. The maximum absolute atomic E-state index is 9.83. The van der Waals surface area contributed by atoms with Crippen LogP contribution in [-0.4, -0.2) is 11.5 Å². The molecule has 0 aliphatic carbocycles. The third-order valence-corrected chi connectivity index (χ3v) is 11.1. The number of aryl methyl sites for hydroxylation is 1. The normalized spacial score (nSPS) is 13.7. The van der Waals surface area contributed by atoms with Crippen molar-refractivity contribution < 1.29 is 4.57 Å². The summed E-state index contributed by atoms with van der Waals surface area (Å²) in [7, 11) is 0. The van der Waals surface area contributed by atoms with Crippen LogP contribution in [0.2, 0.25) is 0 Å². The molecule has 0 radical (unpaired) electrons. The van der Waals surface area contributed by atoms with Gasteiger partial charge in [-0.05, 0) is 103 Å². The summed E-state index contributed by atoms with van der Waals surface area (Å²) in [5, 5.41) is 20.9. The third-order valence-electron chi connectivity index (χ3n) is 8.81. The number of hydrogen-bond acceptors (Lipinski definition) is 6. The maximum atomic E-state index is 9.83. The fourth-order valence-electron chi connectivity index (χ4n) is 6.55. The van der Waals surface area contributed by atoms with Crippen molar-refractivity contribution in [1.82, 2.24) is 4.98 Å². The quantitative estimate of drug-likeness (QED) is 0.171. The van der Waals surface area contributed by atoms with Crippen molar-refractivity contribution in [2.75, 3.05) is 11.4 Å². The summed E-state index contributed by atoms with van der Waals surface area (Å²) in [5.41, 5.74) is 10.8. The standard InChI is InChI=1S/C37H36N5S2/c1-7-17-41-28-13-9-11-15-30(28)43-32(41)19-27-35(34-24(5)22(3)33(23(4)25(34)6)26(20-38)21-39)36-37(40-27)42(18-8-2)29-14-10-12-16-31(29)44-36/h9-16,19,26H,7-8,17-18H2,1-6H3/q+1. The van der Waals surface area contributed by atoms with Gasteiger partial charge >= 0.3 is 5.82 Å². The molecule has 0 saturated heterocycles. The summed E-state index contributed by atoms with van der Waals surface area (Å²) in [5.74, 6) is 0.206. The molecule has 0 atom stereocenters. The maximum Gasteiger partial charge on any atom is 0.342 e. The number of thioether (sulfide) groups is 1. The monoisotopic (exact) mass is 614 g/mol. The molecule has 0 unspecified atom stereocenters. The Balaban J connectivity index is 1.70. The molecule has 0 spiro atoms. The number of nitriles is 2. The summed E-state index contributed by atoms with van der Waals surface area (Å²) in [6, 6.07) is 21.7. The molecular formula is C37H36N5S2+. The Morgan fingerprint density at radius 1 is 0.886 bits per heavy atom. The molecule has 0 fully saturated rings. The van der Waals surface area contributed by atoms with E-state index < -0.39 is 5.92 Å². The van der Waals surface area contributed by atoms with Gasteiger partial charge in [-0.2, -0.15) is 10.5 Å². The van der Waals surface area contributed by atoms with Gasteiger partial charge in [-0.15, -0.1) is 11.3 Å². The van der Waals surface area contributed by atoms with Gasteiger partial charge in [-0.1, -0.05) is 49.9 Å². The molecule has 0 saturated carbocycles. The van der Waals surface area contributed by atoms with Crippen LogP contribution < -0.4 is 9.47 Å². The fraction of sp³-hybridized carbons (Fsp3) is 0.297. The Bertz CT molecular complexity index is 1960. The highest BCUT2D eigenvalue weighted by Crippen LogP contribution is 2.50. The molecule has 3 aromatic rings. The van der Waals surface area contributed by atoms with E-state index in [0.717, 1.165) is 76.4 Å². The number of para-hydroxylation sites is 2. The summed E-state index contributed by atoms with van der Waals surface area (Å²) in [6.45, 7) is 14.6. The number of benzene rings is 3. The fourth-order valence-corrected chi connectivity index (χ4v) is 8.88. The summed E-state index contributed by atoms with van der Waals surface area (Å²) >= 11 is 3.61. The lowest BCUT2D eigenvalue weighted by molar-refractivity contribution is -0.662. The Labute approximate surface area is 268 Å². The molecular weight excluding hydrogens is 579 g/mol. The van der Waals surface area contributed by atoms with Crippen molar-refractivity contribution >= 4 is 45.1 Å². The highest BCUT2D eigenvalue weighted by atomic mass is 32.2. The van der Waals surface area contributed by atoms with Gasteiger partial charge in [0.05, 0.1) is 39.7 Å². The van der Waals surface area contributed by atoms with Gasteiger partial charge in [0.25, 0.3) is 0 Å². The van der Waals surface area contributed by atoms with Crippen LogP contribution >= 0.6 is 23.1 Å². The molecule has 3 aliphatic rings. The average molecular weight is 615 g/mol. The van der Waals surface area contributed by atoms with Crippen molar-refractivity contribution in [2.45, 2.75) is 71.7 Å². The number of hydrogen-bond donors (Lipinski definition) is 0. The predicted octanol–water partition coefficient (Wildman–Crippen LogP) is 9.45. The van der Waals surface area contributed by atoms with Crippen LogP contribution in [0.4, 0.5) is 5.69 Å². The first-order chi connectivity index (χ1) is 21.3. The van der Waals surface area contributed by atoms with E-state index in [1.54, 1.807) is 11.3 Å². The minimum atomic E-state index is -0.799. The molecule has 0 bridgehead atoms. The van der Waals surface area contributed by atoms with Gasteiger partial charge in [0.15, 0.2) is 11.6 Å². The second kappa shape index (κ2) is 12.1. The van der Waals surface area contributed by atoms with E-state index in [0.29, 0.717) is 0 Å². The number of anilines is 1. The van der Waals surface area contributed by atoms with Gasteiger partial charge in [0.2, 0.25) is 0 Å². The van der Waals surface area contributed by atoms with Crippen LogP contribution in [0.3, 0.4) is 0 Å². The first-order valence-electron chi connectivity index (χ1n) is 15.3. The Hall–Kier alpha value is -4.17. The smallest absolute Gasteiger partial charge is 0.335 e. The minimum Gasteiger partial charge on any atom is -0.335 e. The Kier molecular flexibility index (Phi) is 8.20. The second-order valence-corrected chi connectivity index (χ2v) is 13.5. The van der Waals surface area contributed by atoms with E-state index >= 15 is 0 Å². The molecule has 44 heavy (non-hydrogen) atoms. The van der Waals surface area contributed by atoms with E-state index in [2.05, 4.69) is 118 Å². The van der Waals surface area contributed by atoms with Crippen molar-refractivity contribution in [2.24, 2.45) is 0 Å². The lowest BCUT2D eigenvalue weighted by Crippen LogP contribution is -2.37. The van der Waals surface area contributed by atoms with E-state index in [1.165, 1.54) is 30.7 Å². The second-order valence-electron chi connectivity index (χ2n) is 11.4. The molecule has 5 nitrogen and oxygen atoms in total. The predicted molar refractivity (Wildman–Crippen MR) is 183 cm³/mol. The topological polar surface area (TPSA) is 67.6 Å². The minimum absolute atomic E-state index is 0.799. The summed E-state index contributed by atoms with van der Waals surface area (Å²) < 4.78 is 3.61. The largest absolute Gasteiger partial charge is 0.342 e. The molecule has 0 amide bonds. The molecule has 0 N–H and O–H groups in total. The number of nitrogens with zero attached hydrogens (tertiary/aromatic N) is 5. The van der Waals surface area contributed by atoms with Crippen LogP contribution in [0.25, 0.3) is 38.1 Å². The third kappa shape index (κ3) is 4.76. The molecule has 3 aliphatic heterocycles.